The number of para-hydroxylation sites is 2. The van der Waals surface area contributed by atoms with Crippen LogP contribution in [-0.2, 0) is 4.79 Å². The Labute approximate surface area is 173 Å². The Morgan fingerprint density at radius 3 is 2.48 bits per heavy atom. The van der Waals surface area contributed by atoms with Crippen LogP contribution in [-0.4, -0.2) is 27.4 Å². The van der Waals surface area contributed by atoms with Gasteiger partial charge in [0, 0.05) is 4.47 Å². The predicted molar refractivity (Wildman–Crippen MR) is 110 cm³/mol. The summed E-state index contributed by atoms with van der Waals surface area (Å²) in [6.07, 6.45) is 1.14. The molecule has 1 amide bonds. The van der Waals surface area contributed by atoms with Gasteiger partial charge in [-0.1, -0.05) is 30.3 Å². The third kappa shape index (κ3) is 5.39. The molecule has 0 saturated carbocycles. The summed E-state index contributed by atoms with van der Waals surface area (Å²) in [4.78, 5) is 30.7. The Kier molecular flexibility index (Phi) is 6.53. The number of nitro groups is 1. The SMILES string of the molecule is O=C(COc1ccccc1)NNc1ncnc(Nc2ccccc2Br)c1[N+](=O)[O-]. The minimum atomic E-state index is -0.645. The number of benzene rings is 2. The van der Waals surface area contributed by atoms with Crippen molar-refractivity contribution in [2.45, 2.75) is 0 Å². The van der Waals surface area contributed by atoms with Crippen LogP contribution in [0.15, 0.2) is 65.4 Å². The summed E-state index contributed by atoms with van der Waals surface area (Å²) in [7, 11) is 0. The molecular weight excluding hydrogens is 444 g/mol. The van der Waals surface area contributed by atoms with E-state index in [1.165, 1.54) is 0 Å². The van der Waals surface area contributed by atoms with Gasteiger partial charge in [0.1, 0.15) is 12.1 Å². The van der Waals surface area contributed by atoms with E-state index in [-0.39, 0.29) is 18.2 Å². The molecule has 0 atom stereocenters. The lowest BCUT2D eigenvalue weighted by Crippen LogP contribution is -2.34. The summed E-state index contributed by atoms with van der Waals surface area (Å²) >= 11 is 3.36. The van der Waals surface area contributed by atoms with E-state index in [4.69, 9.17) is 4.74 Å². The first-order chi connectivity index (χ1) is 14.0. The van der Waals surface area contributed by atoms with Gasteiger partial charge in [0.2, 0.25) is 11.6 Å². The molecule has 29 heavy (non-hydrogen) atoms. The quantitative estimate of drug-likeness (QED) is 0.345. The van der Waals surface area contributed by atoms with Crippen LogP contribution < -0.4 is 20.9 Å². The number of hydrazine groups is 1. The molecule has 3 aromatic rings. The lowest BCUT2D eigenvalue weighted by Gasteiger charge is -2.12. The first-order valence-corrected chi connectivity index (χ1v) is 9.07. The molecule has 0 radical (unpaired) electrons. The predicted octanol–water partition coefficient (Wildman–Crippen LogP) is 3.41. The molecule has 0 aliphatic heterocycles. The summed E-state index contributed by atoms with van der Waals surface area (Å²) < 4.78 is 6.02. The topological polar surface area (TPSA) is 131 Å². The Balaban J connectivity index is 1.69. The lowest BCUT2D eigenvalue weighted by atomic mass is 10.3. The van der Waals surface area contributed by atoms with Gasteiger partial charge in [-0.15, -0.1) is 0 Å². The summed E-state index contributed by atoms with van der Waals surface area (Å²) in [5.74, 6) is -0.223. The highest BCUT2D eigenvalue weighted by molar-refractivity contribution is 9.10. The average Bonchev–Trinajstić information content (AvgIpc) is 2.73. The number of hydrogen-bond donors (Lipinski definition) is 3. The van der Waals surface area contributed by atoms with Crippen molar-refractivity contribution in [3.8, 4) is 5.75 Å². The highest BCUT2D eigenvalue weighted by Crippen LogP contribution is 2.32. The summed E-state index contributed by atoms with van der Waals surface area (Å²) in [6.45, 7) is -0.280. The first kappa shape index (κ1) is 20.0. The number of anilines is 3. The molecule has 0 unspecified atom stereocenters. The van der Waals surface area contributed by atoms with Crippen molar-refractivity contribution in [3.63, 3.8) is 0 Å². The minimum Gasteiger partial charge on any atom is -0.484 e. The number of carbonyl (C=O) groups excluding carboxylic acids is 1. The molecular formula is C18H15BrN6O4. The van der Waals surface area contributed by atoms with Gasteiger partial charge in [-0.3, -0.25) is 25.8 Å². The van der Waals surface area contributed by atoms with E-state index < -0.39 is 16.5 Å². The lowest BCUT2D eigenvalue weighted by molar-refractivity contribution is -0.383. The fraction of sp³-hybridized carbons (Fsp3) is 0.0556. The van der Waals surface area contributed by atoms with Crippen LogP contribution in [0.2, 0.25) is 0 Å². The largest absolute Gasteiger partial charge is 0.484 e. The molecule has 148 valence electrons. The minimum absolute atomic E-state index is 0.0332. The van der Waals surface area contributed by atoms with E-state index in [1.807, 2.05) is 12.1 Å². The van der Waals surface area contributed by atoms with Gasteiger partial charge in [-0.25, -0.2) is 9.97 Å². The number of aromatic nitrogens is 2. The second-order valence-electron chi connectivity index (χ2n) is 5.56. The Morgan fingerprint density at radius 1 is 1.07 bits per heavy atom. The molecule has 1 heterocycles. The molecule has 3 N–H and O–H groups in total. The second kappa shape index (κ2) is 9.46. The number of hydrogen-bond acceptors (Lipinski definition) is 8. The fourth-order valence-electron chi connectivity index (χ4n) is 2.26. The smallest absolute Gasteiger partial charge is 0.355 e. The van der Waals surface area contributed by atoms with Gasteiger partial charge in [-0.2, -0.15) is 0 Å². The molecule has 0 aliphatic carbocycles. The Bertz CT molecular complexity index is 1020. The van der Waals surface area contributed by atoms with E-state index in [0.29, 0.717) is 15.9 Å². The maximum absolute atomic E-state index is 12.0. The highest BCUT2D eigenvalue weighted by atomic mass is 79.9. The number of nitrogens with one attached hydrogen (secondary N) is 3. The number of halogens is 1. The van der Waals surface area contributed by atoms with Crippen molar-refractivity contribution in [1.29, 1.82) is 0 Å². The zero-order valence-electron chi connectivity index (χ0n) is 14.8. The van der Waals surface area contributed by atoms with Gasteiger partial charge < -0.3 is 10.1 Å². The maximum atomic E-state index is 12.0. The van der Waals surface area contributed by atoms with Crippen LogP contribution in [0.25, 0.3) is 0 Å². The number of amides is 1. The molecule has 0 fully saturated rings. The molecule has 0 bridgehead atoms. The normalized spacial score (nSPS) is 10.1. The first-order valence-electron chi connectivity index (χ1n) is 8.28. The third-order valence-corrected chi connectivity index (χ3v) is 4.26. The van der Waals surface area contributed by atoms with Crippen molar-refractivity contribution in [3.05, 3.63) is 75.5 Å². The number of ether oxygens (including phenoxy) is 1. The number of nitrogens with zero attached hydrogens (tertiary/aromatic N) is 3. The molecule has 2 aromatic carbocycles. The molecule has 3 rings (SSSR count). The molecule has 0 saturated heterocycles. The van der Waals surface area contributed by atoms with Crippen LogP contribution in [0.1, 0.15) is 0 Å². The summed E-state index contributed by atoms with van der Waals surface area (Å²) in [5.41, 5.74) is 4.93. The summed E-state index contributed by atoms with van der Waals surface area (Å²) in [6, 6.07) is 15.9. The van der Waals surface area contributed by atoms with Crippen LogP contribution in [0.3, 0.4) is 0 Å². The zero-order chi connectivity index (χ0) is 20.6. The molecule has 10 nitrogen and oxygen atoms in total. The Hall–Kier alpha value is -3.73. The van der Waals surface area contributed by atoms with Crippen LogP contribution in [0, 0.1) is 10.1 Å². The number of rotatable bonds is 8. The molecule has 11 heteroatoms. The van der Waals surface area contributed by atoms with Crippen molar-refractivity contribution in [2.24, 2.45) is 0 Å². The van der Waals surface area contributed by atoms with Crippen LogP contribution >= 0.6 is 15.9 Å². The van der Waals surface area contributed by atoms with E-state index >= 15 is 0 Å². The highest BCUT2D eigenvalue weighted by Gasteiger charge is 2.24. The van der Waals surface area contributed by atoms with Crippen molar-refractivity contribution in [2.75, 3.05) is 17.3 Å². The molecule has 0 spiro atoms. The van der Waals surface area contributed by atoms with Crippen molar-refractivity contribution in [1.82, 2.24) is 15.4 Å². The molecule has 0 aliphatic rings. The van der Waals surface area contributed by atoms with Gasteiger partial charge in [0.05, 0.1) is 10.6 Å². The van der Waals surface area contributed by atoms with Crippen LogP contribution in [0.4, 0.5) is 23.0 Å². The summed E-state index contributed by atoms with van der Waals surface area (Å²) in [5, 5.41) is 14.4. The molecule has 1 aromatic heterocycles. The van der Waals surface area contributed by atoms with Gasteiger partial charge in [0.25, 0.3) is 5.91 Å². The van der Waals surface area contributed by atoms with Gasteiger partial charge >= 0.3 is 5.69 Å². The van der Waals surface area contributed by atoms with Gasteiger partial charge in [-0.05, 0) is 40.2 Å². The maximum Gasteiger partial charge on any atom is 0.355 e. The zero-order valence-corrected chi connectivity index (χ0v) is 16.4. The van der Waals surface area contributed by atoms with E-state index in [2.05, 4.69) is 42.1 Å². The van der Waals surface area contributed by atoms with Crippen LogP contribution in [0.5, 0.6) is 5.75 Å². The van der Waals surface area contributed by atoms with Crippen molar-refractivity contribution < 1.29 is 14.5 Å². The van der Waals surface area contributed by atoms with E-state index in [0.717, 1.165) is 6.33 Å². The monoisotopic (exact) mass is 458 g/mol. The third-order valence-electron chi connectivity index (χ3n) is 3.57. The van der Waals surface area contributed by atoms with Gasteiger partial charge in [0.15, 0.2) is 6.61 Å². The van der Waals surface area contributed by atoms with Crippen molar-refractivity contribution >= 4 is 44.8 Å². The standard InChI is InChI=1S/C18H15BrN6O4/c19-13-8-4-5-9-14(13)22-17-16(25(27)28)18(21-11-20-17)24-23-15(26)10-29-12-6-2-1-3-7-12/h1-9,11H,10H2,(H,23,26)(H2,20,21,22,24). The van der Waals surface area contributed by atoms with E-state index in [1.54, 1.807) is 42.5 Å². The second-order valence-corrected chi connectivity index (χ2v) is 6.41. The number of carbonyl (C=O) groups is 1. The Morgan fingerprint density at radius 2 is 1.76 bits per heavy atom. The fourth-order valence-corrected chi connectivity index (χ4v) is 2.64. The average molecular weight is 459 g/mol. The van der Waals surface area contributed by atoms with E-state index in [9.17, 15) is 14.9 Å².